The summed E-state index contributed by atoms with van der Waals surface area (Å²) in [6, 6.07) is 0.659. The highest BCUT2D eigenvalue weighted by Gasteiger charge is 2.26. The Morgan fingerprint density at radius 3 is 2.88 bits per heavy atom. The van der Waals surface area contributed by atoms with Crippen LogP contribution in [0.25, 0.3) is 0 Å². The Balaban J connectivity index is 1.68. The molecular weight excluding hydrogens is 202 g/mol. The zero-order valence-corrected chi connectivity index (χ0v) is 10.6. The van der Waals surface area contributed by atoms with E-state index in [1.807, 2.05) is 7.11 Å². The fourth-order valence-corrected chi connectivity index (χ4v) is 2.91. The molecule has 3 nitrogen and oxygen atoms in total. The van der Waals surface area contributed by atoms with Gasteiger partial charge in [-0.1, -0.05) is 0 Å². The SMILES string of the molecule is COC1CCCC(NCC2CCOC2C)C1. The highest BCUT2D eigenvalue weighted by molar-refractivity contribution is 4.81. The van der Waals surface area contributed by atoms with Crippen molar-refractivity contribution < 1.29 is 9.47 Å². The van der Waals surface area contributed by atoms with Crippen molar-refractivity contribution in [1.29, 1.82) is 0 Å². The van der Waals surface area contributed by atoms with E-state index in [0.717, 1.165) is 13.2 Å². The number of ether oxygens (including phenoxy) is 2. The van der Waals surface area contributed by atoms with Crippen LogP contribution in [0, 0.1) is 5.92 Å². The molecule has 0 amide bonds. The Labute approximate surface area is 98.9 Å². The lowest BCUT2D eigenvalue weighted by Gasteiger charge is -2.30. The molecule has 4 unspecified atom stereocenters. The maximum atomic E-state index is 5.58. The van der Waals surface area contributed by atoms with Crippen molar-refractivity contribution in [3.05, 3.63) is 0 Å². The molecule has 1 saturated heterocycles. The van der Waals surface area contributed by atoms with Gasteiger partial charge in [-0.15, -0.1) is 0 Å². The van der Waals surface area contributed by atoms with E-state index in [2.05, 4.69) is 12.2 Å². The number of hydrogen-bond donors (Lipinski definition) is 1. The third-order valence-corrected chi connectivity index (χ3v) is 4.16. The maximum Gasteiger partial charge on any atom is 0.0588 e. The molecule has 3 heteroatoms. The lowest BCUT2D eigenvalue weighted by atomic mass is 9.92. The molecule has 2 rings (SSSR count). The van der Waals surface area contributed by atoms with Crippen LogP contribution in [0.5, 0.6) is 0 Å². The second kappa shape index (κ2) is 5.99. The zero-order chi connectivity index (χ0) is 11.4. The number of methoxy groups -OCH3 is 1. The van der Waals surface area contributed by atoms with Crippen molar-refractivity contribution in [1.82, 2.24) is 5.32 Å². The normalized spacial score (nSPS) is 40.1. The molecular formula is C13H25NO2. The lowest BCUT2D eigenvalue weighted by Crippen LogP contribution is -2.40. The fourth-order valence-electron chi connectivity index (χ4n) is 2.91. The van der Waals surface area contributed by atoms with Gasteiger partial charge in [-0.2, -0.15) is 0 Å². The average molecular weight is 227 g/mol. The van der Waals surface area contributed by atoms with Gasteiger partial charge in [0.15, 0.2) is 0 Å². The number of rotatable bonds is 4. The molecule has 0 spiro atoms. The first-order valence-electron chi connectivity index (χ1n) is 6.67. The summed E-state index contributed by atoms with van der Waals surface area (Å²) in [5, 5.41) is 3.70. The van der Waals surface area contributed by atoms with Crippen LogP contribution in [0.4, 0.5) is 0 Å². The van der Waals surface area contributed by atoms with Gasteiger partial charge >= 0.3 is 0 Å². The Morgan fingerprint density at radius 2 is 2.19 bits per heavy atom. The predicted molar refractivity (Wildman–Crippen MR) is 64.6 cm³/mol. The first-order valence-corrected chi connectivity index (χ1v) is 6.67. The van der Waals surface area contributed by atoms with Gasteiger partial charge in [0.25, 0.3) is 0 Å². The minimum atomic E-state index is 0.439. The van der Waals surface area contributed by atoms with Gasteiger partial charge in [0.1, 0.15) is 0 Å². The van der Waals surface area contributed by atoms with Crippen LogP contribution >= 0.6 is 0 Å². The molecule has 1 heterocycles. The predicted octanol–water partition coefficient (Wildman–Crippen LogP) is 1.96. The van der Waals surface area contributed by atoms with Crippen molar-refractivity contribution >= 4 is 0 Å². The molecule has 0 aromatic rings. The molecule has 0 bridgehead atoms. The second-order valence-corrected chi connectivity index (χ2v) is 5.25. The molecule has 4 atom stereocenters. The smallest absolute Gasteiger partial charge is 0.0588 e. The van der Waals surface area contributed by atoms with E-state index in [-0.39, 0.29) is 0 Å². The van der Waals surface area contributed by atoms with Crippen LogP contribution in [0.2, 0.25) is 0 Å². The zero-order valence-electron chi connectivity index (χ0n) is 10.6. The Hall–Kier alpha value is -0.120. The van der Waals surface area contributed by atoms with E-state index < -0.39 is 0 Å². The van der Waals surface area contributed by atoms with Crippen LogP contribution < -0.4 is 5.32 Å². The molecule has 16 heavy (non-hydrogen) atoms. The topological polar surface area (TPSA) is 30.5 Å². The van der Waals surface area contributed by atoms with Crippen LogP contribution in [-0.4, -0.2) is 38.5 Å². The molecule has 0 radical (unpaired) electrons. The van der Waals surface area contributed by atoms with Gasteiger partial charge in [0.2, 0.25) is 0 Å². The van der Waals surface area contributed by atoms with Crippen molar-refractivity contribution in [2.75, 3.05) is 20.3 Å². The summed E-state index contributed by atoms with van der Waals surface area (Å²) < 4.78 is 11.0. The molecule has 1 saturated carbocycles. The van der Waals surface area contributed by atoms with E-state index in [9.17, 15) is 0 Å². The van der Waals surface area contributed by atoms with Crippen LogP contribution in [0.15, 0.2) is 0 Å². The molecule has 0 aromatic carbocycles. The van der Waals surface area contributed by atoms with E-state index in [1.54, 1.807) is 0 Å². The fraction of sp³-hybridized carbons (Fsp3) is 1.00. The van der Waals surface area contributed by atoms with Crippen molar-refractivity contribution in [3.63, 3.8) is 0 Å². The first kappa shape index (κ1) is 12.3. The molecule has 2 aliphatic rings. The highest BCUT2D eigenvalue weighted by atomic mass is 16.5. The van der Waals surface area contributed by atoms with Crippen molar-refractivity contribution in [2.45, 2.75) is 57.3 Å². The summed E-state index contributed by atoms with van der Waals surface area (Å²) in [5.74, 6) is 0.711. The van der Waals surface area contributed by atoms with Gasteiger partial charge in [-0.25, -0.2) is 0 Å². The third kappa shape index (κ3) is 3.19. The second-order valence-electron chi connectivity index (χ2n) is 5.25. The third-order valence-electron chi connectivity index (χ3n) is 4.16. The van der Waals surface area contributed by atoms with Crippen LogP contribution in [-0.2, 0) is 9.47 Å². The summed E-state index contributed by atoms with van der Waals surface area (Å²) in [6.07, 6.45) is 7.15. The van der Waals surface area contributed by atoms with E-state index in [1.165, 1.54) is 32.1 Å². The summed E-state index contributed by atoms with van der Waals surface area (Å²) in [7, 11) is 1.83. The summed E-state index contributed by atoms with van der Waals surface area (Å²) >= 11 is 0. The van der Waals surface area contributed by atoms with Crippen LogP contribution in [0.1, 0.15) is 39.0 Å². The van der Waals surface area contributed by atoms with Gasteiger partial charge in [-0.3, -0.25) is 0 Å². The van der Waals surface area contributed by atoms with E-state index in [0.29, 0.717) is 24.2 Å². The molecule has 2 fully saturated rings. The standard InChI is InChI=1S/C13H25NO2/c1-10-11(6-7-16-10)9-14-12-4-3-5-13(8-12)15-2/h10-14H,3-9H2,1-2H3. The highest BCUT2D eigenvalue weighted by Crippen LogP contribution is 2.23. The minimum absolute atomic E-state index is 0.439. The van der Waals surface area contributed by atoms with Gasteiger partial charge in [-0.05, 0) is 44.9 Å². The molecule has 1 aliphatic carbocycles. The van der Waals surface area contributed by atoms with E-state index in [4.69, 9.17) is 9.47 Å². The largest absolute Gasteiger partial charge is 0.381 e. The Morgan fingerprint density at radius 1 is 1.31 bits per heavy atom. The monoisotopic (exact) mass is 227 g/mol. The Kier molecular flexibility index (Phi) is 4.62. The molecule has 0 aromatic heterocycles. The molecule has 94 valence electrons. The lowest BCUT2D eigenvalue weighted by molar-refractivity contribution is 0.0567. The quantitative estimate of drug-likeness (QED) is 0.796. The average Bonchev–Trinajstić information content (AvgIpc) is 2.72. The van der Waals surface area contributed by atoms with Crippen molar-refractivity contribution in [2.24, 2.45) is 5.92 Å². The number of hydrogen-bond acceptors (Lipinski definition) is 3. The summed E-state index contributed by atoms with van der Waals surface area (Å²) in [6.45, 7) is 4.25. The summed E-state index contributed by atoms with van der Waals surface area (Å²) in [4.78, 5) is 0. The number of nitrogens with one attached hydrogen (secondary N) is 1. The first-order chi connectivity index (χ1) is 7.79. The van der Waals surface area contributed by atoms with Crippen molar-refractivity contribution in [3.8, 4) is 0 Å². The maximum absolute atomic E-state index is 5.58. The molecule has 1 N–H and O–H groups in total. The van der Waals surface area contributed by atoms with Gasteiger partial charge < -0.3 is 14.8 Å². The molecule has 1 aliphatic heterocycles. The van der Waals surface area contributed by atoms with Crippen LogP contribution in [0.3, 0.4) is 0 Å². The minimum Gasteiger partial charge on any atom is -0.381 e. The summed E-state index contributed by atoms with van der Waals surface area (Å²) in [5.41, 5.74) is 0. The van der Waals surface area contributed by atoms with Gasteiger partial charge in [0.05, 0.1) is 12.2 Å². The van der Waals surface area contributed by atoms with E-state index >= 15 is 0 Å². The van der Waals surface area contributed by atoms with Gasteiger partial charge in [0, 0.05) is 26.3 Å². The Bertz CT molecular complexity index is 210.